The first kappa shape index (κ1) is 12.7. The van der Waals surface area contributed by atoms with Gasteiger partial charge >= 0.3 is 0 Å². The molecule has 0 atom stereocenters. The lowest BCUT2D eigenvalue weighted by atomic mass is 9.92. The number of carbonyl (C=O) groups excluding carboxylic acids is 1. The Kier molecular flexibility index (Phi) is 2.97. The summed E-state index contributed by atoms with van der Waals surface area (Å²) in [6.07, 6.45) is 4.10. The van der Waals surface area contributed by atoms with E-state index in [1.54, 1.807) is 6.20 Å². The highest BCUT2D eigenvalue weighted by Crippen LogP contribution is 2.24. The van der Waals surface area contributed by atoms with Crippen molar-refractivity contribution in [1.82, 2.24) is 14.5 Å². The predicted octanol–water partition coefficient (Wildman–Crippen LogP) is 2.86. The molecule has 0 bridgehead atoms. The molecule has 0 aromatic carbocycles. The molecule has 2 rings (SSSR count). The van der Waals surface area contributed by atoms with E-state index in [9.17, 15) is 4.79 Å². The molecule has 0 fully saturated rings. The average Bonchev–Trinajstić information content (AvgIpc) is 2.64. The molecule has 0 aliphatic heterocycles. The number of rotatable bonds is 2. The van der Waals surface area contributed by atoms with E-state index in [4.69, 9.17) is 0 Å². The van der Waals surface area contributed by atoms with Crippen LogP contribution in [0.15, 0.2) is 12.4 Å². The van der Waals surface area contributed by atoms with Crippen LogP contribution in [0.4, 0.5) is 0 Å². The van der Waals surface area contributed by atoms with E-state index in [-0.39, 0.29) is 11.2 Å². The van der Waals surface area contributed by atoms with E-state index in [0.29, 0.717) is 12.0 Å². The van der Waals surface area contributed by atoms with Gasteiger partial charge in [0.1, 0.15) is 5.52 Å². The van der Waals surface area contributed by atoms with Crippen LogP contribution in [0.2, 0.25) is 0 Å². The van der Waals surface area contributed by atoms with Gasteiger partial charge in [0, 0.05) is 25.1 Å². The van der Waals surface area contributed by atoms with Gasteiger partial charge in [0.15, 0.2) is 11.4 Å². The number of carbonyl (C=O) groups is 1. The van der Waals surface area contributed by atoms with Crippen LogP contribution < -0.4 is 0 Å². The molecule has 2 aromatic rings. The molecule has 0 saturated heterocycles. The minimum absolute atomic E-state index is 0.0659. The summed E-state index contributed by atoms with van der Waals surface area (Å²) >= 11 is 0. The Morgan fingerprint density at radius 2 is 2.06 bits per heavy atom. The Bertz CT molecular complexity index is 605. The van der Waals surface area contributed by atoms with E-state index in [1.165, 1.54) is 0 Å². The third kappa shape index (κ3) is 2.03. The van der Waals surface area contributed by atoms with Crippen LogP contribution in [0.1, 0.15) is 50.2 Å². The second-order valence-electron chi connectivity index (χ2n) is 5.61. The summed E-state index contributed by atoms with van der Waals surface area (Å²) in [6.45, 7) is 8.13. The molecule has 0 saturated carbocycles. The van der Waals surface area contributed by atoms with Crippen LogP contribution in [0.5, 0.6) is 0 Å². The highest BCUT2D eigenvalue weighted by atomic mass is 16.1. The molecule has 2 aromatic heterocycles. The van der Waals surface area contributed by atoms with Crippen LogP contribution >= 0.6 is 0 Å². The number of nitrogens with zero attached hydrogens (tertiary/aromatic N) is 3. The van der Waals surface area contributed by atoms with Gasteiger partial charge in [-0.25, -0.2) is 9.97 Å². The van der Waals surface area contributed by atoms with E-state index in [1.807, 2.05) is 24.7 Å². The lowest BCUT2D eigenvalue weighted by Crippen LogP contribution is -2.14. The molecule has 0 aliphatic rings. The number of aromatic nitrogens is 3. The first-order chi connectivity index (χ1) is 8.34. The van der Waals surface area contributed by atoms with Crippen LogP contribution in [-0.4, -0.2) is 20.3 Å². The maximum absolute atomic E-state index is 11.9. The number of hydrogen-bond acceptors (Lipinski definition) is 3. The molecule has 0 N–H and O–H groups in total. The van der Waals surface area contributed by atoms with Crippen molar-refractivity contribution in [2.75, 3.05) is 0 Å². The maximum Gasteiger partial charge on any atom is 0.166 e. The van der Waals surface area contributed by atoms with Crippen molar-refractivity contribution in [3.63, 3.8) is 0 Å². The second-order valence-corrected chi connectivity index (χ2v) is 5.61. The number of ketones is 1. The van der Waals surface area contributed by atoms with Gasteiger partial charge in [-0.05, 0) is 0 Å². The first-order valence-corrected chi connectivity index (χ1v) is 6.20. The Hall–Kier alpha value is -1.71. The van der Waals surface area contributed by atoms with Gasteiger partial charge in [0.05, 0.1) is 17.5 Å². The molecule has 0 amide bonds. The van der Waals surface area contributed by atoms with Gasteiger partial charge in [-0.3, -0.25) is 4.79 Å². The highest BCUT2D eigenvalue weighted by Gasteiger charge is 2.20. The third-order valence-electron chi connectivity index (χ3n) is 3.06. The molecule has 4 nitrogen and oxygen atoms in total. The largest absolute Gasteiger partial charge is 0.333 e. The number of fused-ring (bicyclic) bond motifs is 1. The molecule has 96 valence electrons. The van der Waals surface area contributed by atoms with Crippen LogP contribution in [0.25, 0.3) is 11.2 Å². The van der Waals surface area contributed by atoms with Crippen molar-refractivity contribution in [3.8, 4) is 0 Å². The van der Waals surface area contributed by atoms with Gasteiger partial charge in [0.2, 0.25) is 0 Å². The molecule has 0 spiro atoms. The zero-order chi connectivity index (χ0) is 13.5. The first-order valence-electron chi connectivity index (χ1n) is 6.20. The van der Waals surface area contributed by atoms with Crippen molar-refractivity contribution in [2.24, 2.45) is 7.05 Å². The van der Waals surface area contributed by atoms with Crippen molar-refractivity contribution in [2.45, 2.75) is 39.5 Å². The van der Waals surface area contributed by atoms with E-state index in [0.717, 1.165) is 16.9 Å². The predicted molar refractivity (Wildman–Crippen MR) is 71.8 cm³/mol. The van der Waals surface area contributed by atoms with Crippen molar-refractivity contribution in [1.29, 1.82) is 0 Å². The molecular formula is C14H19N3O. The fourth-order valence-corrected chi connectivity index (χ4v) is 1.89. The van der Waals surface area contributed by atoms with Crippen LogP contribution in [0.3, 0.4) is 0 Å². The molecule has 2 heterocycles. The maximum atomic E-state index is 11.9. The summed E-state index contributed by atoms with van der Waals surface area (Å²) in [5.41, 5.74) is 3.00. The smallest absolute Gasteiger partial charge is 0.166 e. The van der Waals surface area contributed by atoms with E-state index in [2.05, 4.69) is 30.7 Å². The fourth-order valence-electron chi connectivity index (χ4n) is 1.89. The quantitative estimate of drug-likeness (QED) is 0.764. The average molecular weight is 245 g/mol. The zero-order valence-electron chi connectivity index (χ0n) is 11.6. The Balaban J connectivity index is 2.70. The molecule has 0 radical (unpaired) electrons. The Morgan fingerprint density at radius 3 is 2.61 bits per heavy atom. The minimum atomic E-state index is -0.0659. The summed E-state index contributed by atoms with van der Waals surface area (Å²) in [7, 11) is 1.89. The van der Waals surface area contributed by atoms with Gasteiger partial charge in [-0.15, -0.1) is 0 Å². The summed E-state index contributed by atoms with van der Waals surface area (Å²) in [5.74, 6) is 0.112. The molecule has 4 heteroatoms. The minimum Gasteiger partial charge on any atom is -0.333 e. The highest BCUT2D eigenvalue weighted by molar-refractivity contribution is 6.05. The van der Waals surface area contributed by atoms with Crippen molar-refractivity contribution < 1.29 is 4.79 Å². The number of aryl methyl sites for hydroxylation is 1. The van der Waals surface area contributed by atoms with Crippen LogP contribution in [0, 0.1) is 0 Å². The normalized spacial score (nSPS) is 12.1. The lowest BCUT2D eigenvalue weighted by Gasteiger charge is -2.16. The number of Topliss-reactive ketones (excluding diaryl/α,β-unsaturated/α-hetero) is 1. The molecule has 0 aliphatic carbocycles. The van der Waals surface area contributed by atoms with Crippen molar-refractivity contribution in [3.05, 3.63) is 23.7 Å². The zero-order valence-corrected chi connectivity index (χ0v) is 11.6. The third-order valence-corrected chi connectivity index (χ3v) is 3.06. The van der Waals surface area contributed by atoms with Gasteiger partial charge < -0.3 is 4.57 Å². The van der Waals surface area contributed by atoms with Crippen LogP contribution in [-0.2, 0) is 12.5 Å². The van der Waals surface area contributed by atoms with Crippen molar-refractivity contribution >= 4 is 16.9 Å². The second kappa shape index (κ2) is 4.19. The molecule has 18 heavy (non-hydrogen) atoms. The summed E-state index contributed by atoms with van der Waals surface area (Å²) in [5, 5.41) is 0. The van der Waals surface area contributed by atoms with Gasteiger partial charge in [-0.2, -0.15) is 0 Å². The van der Waals surface area contributed by atoms with E-state index < -0.39 is 0 Å². The standard InChI is InChI=1S/C14H19N3O/c1-6-10(18)9-8-17(5)13-12(9)16-11(7-15-13)14(2,3)4/h7-8H,6H2,1-5H3. The monoisotopic (exact) mass is 245 g/mol. The summed E-state index contributed by atoms with van der Waals surface area (Å²) in [6, 6.07) is 0. The SMILES string of the molecule is CCC(=O)c1cn(C)c2ncc(C(C)(C)C)nc12. The Morgan fingerprint density at radius 1 is 1.39 bits per heavy atom. The summed E-state index contributed by atoms with van der Waals surface area (Å²) < 4.78 is 1.86. The van der Waals surface area contributed by atoms with Gasteiger partial charge in [-0.1, -0.05) is 27.7 Å². The number of hydrogen-bond donors (Lipinski definition) is 0. The Labute approximate surface area is 107 Å². The topological polar surface area (TPSA) is 47.8 Å². The lowest BCUT2D eigenvalue weighted by molar-refractivity contribution is 0.0989. The molecule has 0 unspecified atom stereocenters. The summed E-state index contributed by atoms with van der Waals surface area (Å²) in [4.78, 5) is 21.0. The van der Waals surface area contributed by atoms with Gasteiger partial charge in [0.25, 0.3) is 0 Å². The molecular weight excluding hydrogens is 226 g/mol. The fraction of sp³-hybridized carbons (Fsp3) is 0.500. The van der Waals surface area contributed by atoms with E-state index >= 15 is 0 Å².